The van der Waals surface area contributed by atoms with Gasteiger partial charge in [-0.3, -0.25) is 4.79 Å². The number of carbonyl (C=O) groups excluding carboxylic acids is 1. The van der Waals surface area contributed by atoms with Gasteiger partial charge in [0.15, 0.2) is 0 Å². The van der Waals surface area contributed by atoms with Crippen LogP contribution in [0.15, 0.2) is 29.6 Å². The quantitative estimate of drug-likeness (QED) is 0.877. The van der Waals surface area contributed by atoms with Gasteiger partial charge in [-0.05, 0) is 36.0 Å². The van der Waals surface area contributed by atoms with Crippen molar-refractivity contribution < 1.29 is 9.90 Å². The van der Waals surface area contributed by atoms with E-state index in [9.17, 15) is 4.79 Å². The second-order valence-corrected chi connectivity index (χ2v) is 4.92. The van der Waals surface area contributed by atoms with Gasteiger partial charge in [-0.25, -0.2) is 0 Å². The average molecular weight is 276 g/mol. The minimum absolute atomic E-state index is 0.0570. The summed E-state index contributed by atoms with van der Waals surface area (Å²) >= 11 is 1.29. The number of aryl methyl sites for hydroxylation is 1. The molecule has 0 aliphatic rings. The summed E-state index contributed by atoms with van der Waals surface area (Å²) in [5.41, 5.74) is 3.46. The molecule has 19 heavy (non-hydrogen) atoms. The molecule has 0 saturated heterocycles. The highest BCUT2D eigenvalue weighted by Crippen LogP contribution is 2.09. The third-order valence-corrected chi connectivity index (χ3v) is 3.62. The van der Waals surface area contributed by atoms with Crippen LogP contribution in [0.25, 0.3) is 0 Å². The summed E-state index contributed by atoms with van der Waals surface area (Å²) in [6.07, 6.45) is 0.772. The van der Waals surface area contributed by atoms with Crippen molar-refractivity contribution in [2.24, 2.45) is 0 Å². The number of carbonyl (C=O) groups is 1. The zero-order valence-electron chi connectivity index (χ0n) is 10.7. The normalized spacial score (nSPS) is 10.4. The lowest BCUT2D eigenvalue weighted by atomic mass is 10.1. The first-order valence-corrected chi connectivity index (χ1v) is 6.92. The number of nitrogens with zero attached hydrogens (tertiary/aromatic N) is 1. The molecule has 0 unspecified atom stereocenters. The number of amides is 1. The van der Waals surface area contributed by atoms with Gasteiger partial charge >= 0.3 is 0 Å². The monoisotopic (exact) mass is 276 g/mol. The molecule has 1 amide bonds. The number of aromatic nitrogens is 1. The van der Waals surface area contributed by atoms with Gasteiger partial charge in [0.2, 0.25) is 0 Å². The Kier molecular flexibility index (Phi) is 4.65. The van der Waals surface area contributed by atoms with E-state index in [-0.39, 0.29) is 12.5 Å². The Morgan fingerprint density at radius 1 is 1.32 bits per heavy atom. The molecule has 0 aliphatic carbocycles. The van der Waals surface area contributed by atoms with Gasteiger partial charge < -0.3 is 10.4 Å². The van der Waals surface area contributed by atoms with Crippen molar-refractivity contribution in [3.05, 3.63) is 52.0 Å². The number of hydrogen-bond acceptors (Lipinski definition) is 4. The standard InChI is InChI=1S/C14H16N2O2S/c1-10-13(9-19-16-10)14(18)15-7-6-11-2-4-12(8-17)5-3-11/h2-5,9,17H,6-8H2,1H3,(H,15,18). The maximum atomic E-state index is 11.8. The van der Waals surface area contributed by atoms with Gasteiger partial charge in [-0.15, -0.1) is 0 Å². The molecule has 0 bridgehead atoms. The first-order valence-electron chi connectivity index (χ1n) is 6.08. The molecule has 4 nitrogen and oxygen atoms in total. The first kappa shape index (κ1) is 13.7. The number of aliphatic hydroxyl groups is 1. The van der Waals surface area contributed by atoms with Gasteiger partial charge in [0.1, 0.15) is 0 Å². The molecule has 100 valence electrons. The predicted molar refractivity (Wildman–Crippen MR) is 75.3 cm³/mol. The molecular weight excluding hydrogens is 260 g/mol. The molecule has 0 atom stereocenters. The fourth-order valence-corrected chi connectivity index (χ4v) is 2.43. The molecule has 2 aromatic rings. The molecule has 1 aromatic carbocycles. The van der Waals surface area contributed by atoms with Crippen LogP contribution in [0.5, 0.6) is 0 Å². The third kappa shape index (κ3) is 3.62. The molecule has 2 rings (SSSR count). The van der Waals surface area contributed by atoms with Crippen molar-refractivity contribution in [3.63, 3.8) is 0 Å². The highest BCUT2D eigenvalue weighted by atomic mass is 32.1. The van der Waals surface area contributed by atoms with Gasteiger partial charge in [0, 0.05) is 11.9 Å². The highest BCUT2D eigenvalue weighted by Gasteiger charge is 2.09. The molecule has 2 N–H and O–H groups in total. The number of aliphatic hydroxyl groups excluding tert-OH is 1. The predicted octanol–water partition coefficient (Wildman–Crippen LogP) is 1.92. The van der Waals surface area contributed by atoms with E-state index in [2.05, 4.69) is 9.69 Å². The Hall–Kier alpha value is -1.72. The smallest absolute Gasteiger partial charge is 0.254 e. The van der Waals surface area contributed by atoms with Crippen LogP contribution in [0, 0.1) is 6.92 Å². The lowest BCUT2D eigenvalue weighted by Crippen LogP contribution is -2.25. The van der Waals surface area contributed by atoms with Gasteiger partial charge in [-0.2, -0.15) is 4.37 Å². The second-order valence-electron chi connectivity index (χ2n) is 4.29. The van der Waals surface area contributed by atoms with Crippen LogP contribution in [0.1, 0.15) is 27.2 Å². The van der Waals surface area contributed by atoms with Crippen molar-refractivity contribution >= 4 is 17.4 Å². The topological polar surface area (TPSA) is 62.2 Å². The van der Waals surface area contributed by atoms with E-state index in [0.29, 0.717) is 12.1 Å². The van der Waals surface area contributed by atoms with Crippen molar-refractivity contribution in [1.29, 1.82) is 0 Å². The lowest BCUT2D eigenvalue weighted by molar-refractivity contribution is 0.0954. The van der Waals surface area contributed by atoms with E-state index in [0.717, 1.165) is 23.2 Å². The molecule has 1 aromatic heterocycles. The molecule has 1 heterocycles. The number of nitrogens with one attached hydrogen (secondary N) is 1. The van der Waals surface area contributed by atoms with Gasteiger partial charge in [-0.1, -0.05) is 24.3 Å². The Bertz CT molecular complexity index is 549. The number of hydrogen-bond donors (Lipinski definition) is 2. The Morgan fingerprint density at radius 3 is 2.58 bits per heavy atom. The first-order chi connectivity index (χ1) is 9.20. The highest BCUT2D eigenvalue weighted by molar-refractivity contribution is 7.03. The van der Waals surface area contributed by atoms with Crippen molar-refractivity contribution in [2.75, 3.05) is 6.54 Å². The van der Waals surface area contributed by atoms with Crippen molar-refractivity contribution in [2.45, 2.75) is 20.0 Å². The second kappa shape index (κ2) is 6.45. The van der Waals surface area contributed by atoms with Crippen LogP contribution in [0.3, 0.4) is 0 Å². The SMILES string of the molecule is Cc1nscc1C(=O)NCCc1ccc(CO)cc1. The van der Waals surface area contributed by atoms with E-state index in [4.69, 9.17) is 5.11 Å². The van der Waals surface area contributed by atoms with E-state index in [1.165, 1.54) is 11.5 Å². The zero-order chi connectivity index (χ0) is 13.7. The minimum atomic E-state index is -0.0711. The van der Waals surface area contributed by atoms with Crippen LogP contribution in [-0.4, -0.2) is 21.9 Å². The Labute approximate surface area is 116 Å². The minimum Gasteiger partial charge on any atom is -0.392 e. The fraction of sp³-hybridized carbons (Fsp3) is 0.286. The summed E-state index contributed by atoms with van der Waals surface area (Å²) in [6.45, 7) is 2.48. The molecule has 5 heteroatoms. The maximum absolute atomic E-state index is 11.8. The summed E-state index contributed by atoms with van der Waals surface area (Å²) in [5.74, 6) is -0.0711. The van der Waals surface area contributed by atoms with E-state index < -0.39 is 0 Å². The fourth-order valence-electron chi connectivity index (χ4n) is 1.74. The van der Waals surface area contributed by atoms with Crippen molar-refractivity contribution in [3.8, 4) is 0 Å². The Morgan fingerprint density at radius 2 is 2.00 bits per heavy atom. The molecule has 0 saturated carbocycles. The van der Waals surface area contributed by atoms with E-state index in [1.807, 2.05) is 31.2 Å². The number of benzene rings is 1. The third-order valence-electron chi connectivity index (χ3n) is 2.90. The summed E-state index contributed by atoms with van der Waals surface area (Å²) in [6, 6.07) is 7.72. The Balaban J connectivity index is 1.83. The average Bonchev–Trinajstić information content (AvgIpc) is 2.86. The number of rotatable bonds is 5. The van der Waals surface area contributed by atoms with Crippen LogP contribution in [-0.2, 0) is 13.0 Å². The maximum Gasteiger partial charge on any atom is 0.254 e. The lowest BCUT2D eigenvalue weighted by Gasteiger charge is -2.05. The molecule has 0 spiro atoms. The van der Waals surface area contributed by atoms with Crippen LogP contribution in [0.4, 0.5) is 0 Å². The van der Waals surface area contributed by atoms with Gasteiger partial charge in [0.05, 0.1) is 17.9 Å². The van der Waals surface area contributed by atoms with Crippen LogP contribution < -0.4 is 5.32 Å². The zero-order valence-corrected chi connectivity index (χ0v) is 11.5. The van der Waals surface area contributed by atoms with Crippen molar-refractivity contribution in [1.82, 2.24) is 9.69 Å². The summed E-state index contributed by atoms with van der Waals surface area (Å²) in [7, 11) is 0. The summed E-state index contributed by atoms with van der Waals surface area (Å²) < 4.78 is 4.08. The van der Waals surface area contributed by atoms with E-state index >= 15 is 0 Å². The van der Waals surface area contributed by atoms with Crippen LogP contribution in [0.2, 0.25) is 0 Å². The largest absolute Gasteiger partial charge is 0.392 e. The van der Waals surface area contributed by atoms with Crippen LogP contribution >= 0.6 is 11.5 Å². The summed E-state index contributed by atoms with van der Waals surface area (Å²) in [5, 5.41) is 13.6. The molecule has 0 radical (unpaired) electrons. The molecule has 0 aliphatic heterocycles. The summed E-state index contributed by atoms with van der Waals surface area (Å²) in [4.78, 5) is 11.8. The molecular formula is C14H16N2O2S. The van der Waals surface area contributed by atoms with E-state index in [1.54, 1.807) is 5.38 Å². The van der Waals surface area contributed by atoms with Gasteiger partial charge in [0.25, 0.3) is 5.91 Å². The molecule has 0 fully saturated rings.